The van der Waals surface area contributed by atoms with Crippen LogP contribution in [0.1, 0.15) is 49.3 Å². The van der Waals surface area contributed by atoms with Crippen molar-refractivity contribution in [3.63, 3.8) is 0 Å². The largest absolute Gasteiger partial charge is 0.364 e. The minimum absolute atomic E-state index is 0.0524. The van der Waals surface area contributed by atoms with Crippen molar-refractivity contribution in [2.45, 2.75) is 39.5 Å². The zero-order valence-electron chi connectivity index (χ0n) is 13.3. The lowest BCUT2D eigenvalue weighted by Gasteiger charge is -2.22. The second-order valence-electron chi connectivity index (χ2n) is 6.24. The standard InChI is InChI=1S/C16H24N4O2/c1-11(2)16(22)20-6-3-4-12(5-7-20)8-13-9-14(15(17)21)19-10-18-13/h9-12H,3-8H2,1-2H3,(H2,17,21). The lowest BCUT2D eigenvalue weighted by molar-refractivity contribution is -0.134. The summed E-state index contributed by atoms with van der Waals surface area (Å²) in [5.41, 5.74) is 6.35. The number of amides is 2. The smallest absolute Gasteiger partial charge is 0.267 e. The third kappa shape index (κ3) is 4.26. The number of carbonyl (C=O) groups excluding carboxylic acids is 2. The summed E-state index contributed by atoms with van der Waals surface area (Å²) >= 11 is 0. The van der Waals surface area contributed by atoms with Crippen molar-refractivity contribution < 1.29 is 9.59 Å². The normalized spacial score (nSPS) is 19.0. The quantitative estimate of drug-likeness (QED) is 0.910. The number of nitrogens with two attached hydrogens (primary N) is 1. The Hall–Kier alpha value is -1.98. The molecule has 1 atom stereocenters. The number of hydrogen-bond donors (Lipinski definition) is 1. The highest BCUT2D eigenvalue weighted by molar-refractivity contribution is 5.90. The van der Waals surface area contributed by atoms with Crippen LogP contribution in [0.25, 0.3) is 0 Å². The number of aromatic nitrogens is 2. The van der Waals surface area contributed by atoms with Crippen LogP contribution in [0.5, 0.6) is 0 Å². The first-order valence-corrected chi connectivity index (χ1v) is 7.87. The van der Waals surface area contributed by atoms with Crippen molar-refractivity contribution in [3.05, 3.63) is 23.8 Å². The van der Waals surface area contributed by atoms with Crippen LogP contribution in [0.3, 0.4) is 0 Å². The second-order valence-corrected chi connectivity index (χ2v) is 6.24. The molecule has 6 heteroatoms. The van der Waals surface area contributed by atoms with E-state index < -0.39 is 5.91 Å². The first-order valence-electron chi connectivity index (χ1n) is 7.87. The van der Waals surface area contributed by atoms with Crippen molar-refractivity contribution in [1.29, 1.82) is 0 Å². The number of primary amides is 1. The van der Waals surface area contributed by atoms with Gasteiger partial charge in [0.2, 0.25) is 5.91 Å². The third-order valence-corrected chi connectivity index (χ3v) is 4.13. The average molecular weight is 304 g/mol. The molecule has 1 fully saturated rings. The van der Waals surface area contributed by atoms with E-state index in [1.807, 2.05) is 18.7 Å². The summed E-state index contributed by atoms with van der Waals surface area (Å²) < 4.78 is 0. The molecule has 120 valence electrons. The van der Waals surface area contributed by atoms with Crippen molar-refractivity contribution in [2.24, 2.45) is 17.6 Å². The minimum Gasteiger partial charge on any atom is -0.364 e. The first kappa shape index (κ1) is 16.4. The summed E-state index contributed by atoms with van der Waals surface area (Å²) in [6, 6.07) is 1.67. The topological polar surface area (TPSA) is 89.2 Å². The molecule has 2 N–H and O–H groups in total. The molecule has 1 aliphatic heterocycles. The fourth-order valence-electron chi connectivity index (χ4n) is 2.89. The van der Waals surface area contributed by atoms with Crippen molar-refractivity contribution in [3.8, 4) is 0 Å². The Balaban J connectivity index is 1.96. The monoisotopic (exact) mass is 304 g/mol. The maximum atomic E-state index is 12.1. The van der Waals surface area contributed by atoms with Gasteiger partial charge in [0.15, 0.2) is 0 Å². The summed E-state index contributed by atoms with van der Waals surface area (Å²) in [6.45, 7) is 5.52. The molecule has 2 amide bonds. The SMILES string of the molecule is CC(C)C(=O)N1CCCC(Cc2cc(C(N)=O)ncn2)CC1. The van der Waals surface area contributed by atoms with Gasteiger partial charge in [0, 0.05) is 24.7 Å². The summed E-state index contributed by atoms with van der Waals surface area (Å²) in [6.07, 6.45) is 5.23. The van der Waals surface area contributed by atoms with Crippen LogP contribution in [0.4, 0.5) is 0 Å². The molecule has 1 saturated heterocycles. The van der Waals surface area contributed by atoms with E-state index in [1.54, 1.807) is 6.07 Å². The van der Waals surface area contributed by atoms with Gasteiger partial charge in [-0.15, -0.1) is 0 Å². The molecule has 6 nitrogen and oxygen atoms in total. The van der Waals surface area contributed by atoms with E-state index in [0.29, 0.717) is 5.92 Å². The van der Waals surface area contributed by atoms with Gasteiger partial charge in [-0.3, -0.25) is 9.59 Å². The molecule has 0 saturated carbocycles. The molecule has 22 heavy (non-hydrogen) atoms. The van der Waals surface area contributed by atoms with Gasteiger partial charge in [-0.1, -0.05) is 13.8 Å². The van der Waals surface area contributed by atoms with Crippen LogP contribution in [0, 0.1) is 11.8 Å². The highest BCUT2D eigenvalue weighted by Gasteiger charge is 2.22. The van der Waals surface area contributed by atoms with Crippen molar-refractivity contribution >= 4 is 11.8 Å². The van der Waals surface area contributed by atoms with E-state index in [2.05, 4.69) is 9.97 Å². The third-order valence-electron chi connectivity index (χ3n) is 4.13. The van der Waals surface area contributed by atoms with Gasteiger partial charge in [-0.25, -0.2) is 9.97 Å². The van der Waals surface area contributed by atoms with Gasteiger partial charge in [0.05, 0.1) is 0 Å². The fraction of sp³-hybridized carbons (Fsp3) is 0.625. The molecule has 0 spiro atoms. The Labute approximate surface area is 131 Å². The van der Waals surface area contributed by atoms with Gasteiger partial charge in [-0.05, 0) is 37.7 Å². The van der Waals surface area contributed by atoms with E-state index in [1.165, 1.54) is 6.33 Å². The molecular formula is C16H24N4O2. The van der Waals surface area contributed by atoms with Gasteiger partial charge in [0.25, 0.3) is 5.91 Å². The minimum atomic E-state index is -0.529. The van der Waals surface area contributed by atoms with Crippen LogP contribution >= 0.6 is 0 Å². The van der Waals surface area contributed by atoms with E-state index in [0.717, 1.165) is 44.5 Å². The lowest BCUT2D eigenvalue weighted by Crippen LogP contribution is -2.35. The number of nitrogens with zero attached hydrogens (tertiary/aromatic N) is 3. The molecule has 2 heterocycles. The van der Waals surface area contributed by atoms with Gasteiger partial charge in [-0.2, -0.15) is 0 Å². The Morgan fingerprint density at radius 2 is 2.09 bits per heavy atom. The molecule has 2 rings (SSSR count). The summed E-state index contributed by atoms with van der Waals surface area (Å²) in [5.74, 6) is 0.231. The number of likely N-dealkylation sites (tertiary alicyclic amines) is 1. The van der Waals surface area contributed by atoms with E-state index >= 15 is 0 Å². The summed E-state index contributed by atoms with van der Waals surface area (Å²) in [5, 5.41) is 0. The molecule has 1 aromatic rings. The van der Waals surface area contributed by atoms with E-state index in [-0.39, 0.29) is 17.5 Å². The fourth-order valence-corrected chi connectivity index (χ4v) is 2.89. The molecule has 0 aliphatic carbocycles. The molecular weight excluding hydrogens is 280 g/mol. The average Bonchev–Trinajstić information content (AvgIpc) is 2.72. The summed E-state index contributed by atoms with van der Waals surface area (Å²) in [4.78, 5) is 33.3. The second kappa shape index (κ2) is 7.33. The Morgan fingerprint density at radius 3 is 2.77 bits per heavy atom. The number of carbonyl (C=O) groups is 2. The zero-order chi connectivity index (χ0) is 16.1. The molecule has 0 aromatic carbocycles. The maximum absolute atomic E-state index is 12.1. The lowest BCUT2D eigenvalue weighted by atomic mass is 9.95. The molecule has 1 unspecified atom stereocenters. The first-order chi connectivity index (χ1) is 10.5. The number of rotatable bonds is 4. The summed E-state index contributed by atoms with van der Waals surface area (Å²) in [7, 11) is 0. The Kier molecular flexibility index (Phi) is 5.46. The molecule has 1 aliphatic rings. The van der Waals surface area contributed by atoms with Crippen LogP contribution in [0.2, 0.25) is 0 Å². The van der Waals surface area contributed by atoms with Gasteiger partial charge < -0.3 is 10.6 Å². The predicted molar refractivity (Wildman–Crippen MR) is 83.0 cm³/mol. The zero-order valence-corrected chi connectivity index (χ0v) is 13.3. The van der Waals surface area contributed by atoms with Gasteiger partial charge >= 0.3 is 0 Å². The molecule has 0 radical (unpaired) electrons. The van der Waals surface area contributed by atoms with Crippen LogP contribution in [0.15, 0.2) is 12.4 Å². The van der Waals surface area contributed by atoms with Crippen LogP contribution in [-0.4, -0.2) is 39.8 Å². The Morgan fingerprint density at radius 1 is 1.32 bits per heavy atom. The van der Waals surface area contributed by atoms with Gasteiger partial charge in [0.1, 0.15) is 12.0 Å². The highest BCUT2D eigenvalue weighted by atomic mass is 16.2. The molecule has 0 bridgehead atoms. The maximum Gasteiger partial charge on any atom is 0.267 e. The van der Waals surface area contributed by atoms with E-state index in [9.17, 15) is 9.59 Å². The molecule has 1 aromatic heterocycles. The van der Waals surface area contributed by atoms with E-state index in [4.69, 9.17) is 5.73 Å². The van der Waals surface area contributed by atoms with Crippen LogP contribution < -0.4 is 5.73 Å². The number of hydrogen-bond acceptors (Lipinski definition) is 4. The van der Waals surface area contributed by atoms with Crippen molar-refractivity contribution in [2.75, 3.05) is 13.1 Å². The van der Waals surface area contributed by atoms with Crippen molar-refractivity contribution in [1.82, 2.24) is 14.9 Å². The van der Waals surface area contributed by atoms with Crippen LogP contribution in [-0.2, 0) is 11.2 Å². The Bertz CT molecular complexity index is 545. The predicted octanol–water partition coefficient (Wildman–Crippen LogP) is 1.40. The highest BCUT2D eigenvalue weighted by Crippen LogP contribution is 2.22.